The number of carboxylic acids is 1. The van der Waals surface area contributed by atoms with E-state index in [1.165, 1.54) is 42.0 Å². The number of aliphatic carboxylic acids is 1. The van der Waals surface area contributed by atoms with Crippen LogP contribution in [0.5, 0.6) is 5.75 Å². The third-order valence-electron chi connectivity index (χ3n) is 5.24. The molecule has 2 aliphatic rings. The average molecular weight is 425 g/mol. The Balaban J connectivity index is 1.65. The molecule has 0 aromatic heterocycles. The lowest BCUT2D eigenvalue weighted by molar-refractivity contribution is -0.161. The number of aliphatic hydroxyl groups excluding tert-OH is 1. The van der Waals surface area contributed by atoms with Crippen molar-refractivity contribution in [2.45, 2.75) is 24.1 Å². The van der Waals surface area contributed by atoms with Crippen LogP contribution in [0.4, 0.5) is 0 Å². The van der Waals surface area contributed by atoms with E-state index in [9.17, 15) is 24.6 Å². The Kier molecular flexibility index (Phi) is 6.03. The second-order valence-electron chi connectivity index (χ2n) is 7.20. The first kappa shape index (κ1) is 21.4. The summed E-state index contributed by atoms with van der Waals surface area (Å²) >= 11 is 1.28. The zero-order valence-corrected chi connectivity index (χ0v) is 16.5. The van der Waals surface area contributed by atoms with Crippen molar-refractivity contribution in [2.24, 2.45) is 11.1 Å². The van der Waals surface area contributed by atoms with Gasteiger partial charge < -0.3 is 36.0 Å². The van der Waals surface area contributed by atoms with E-state index in [-0.39, 0.29) is 42.5 Å². The molecule has 2 heterocycles. The summed E-state index contributed by atoms with van der Waals surface area (Å²) in [5.74, 6) is -1.92. The number of methoxy groups -OCH3 is 1. The summed E-state index contributed by atoms with van der Waals surface area (Å²) in [4.78, 5) is 38.1. The molecule has 0 bridgehead atoms. The topological polar surface area (TPSA) is 162 Å². The van der Waals surface area contributed by atoms with Crippen molar-refractivity contribution in [3.8, 4) is 5.75 Å². The average Bonchev–Trinajstić information content (AvgIpc) is 2.71. The van der Waals surface area contributed by atoms with Crippen molar-refractivity contribution in [3.63, 3.8) is 0 Å². The van der Waals surface area contributed by atoms with Crippen molar-refractivity contribution in [1.29, 1.82) is 0 Å². The van der Waals surface area contributed by atoms with Gasteiger partial charge in [0.2, 0.25) is 11.8 Å². The molecular formula is C18H23N3O7S. The number of nitrogens with two attached hydrogens (primary N) is 1. The van der Waals surface area contributed by atoms with Crippen molar-refractivity contribution in [3.05, 3.63) is 29.3 Å². The molecule has 4 atom stereocenters. The van der Waals surface area contributed by atoms with Crippen LogP contribution >= 0.6 is 11.8 Å². The number of fused-ring (bicyclic) bond motifs is 1. The molecule has 158 valence electrons. The maximum Gasteiger partial charge on any atom is 0.314 e. The van der Waals surface area contributed by atoms with Gasteiger partial charge >= 0.3 is 5.97 Å². The number of aromatic hydroxyl groups is 1. The molecule has 2 amide bonds. The molecule has 0 aliphatic carbocycles. The van der Waals surface area contributed by atoms with Crippen molar-refractivity contribution in [1.82, 2.24) is 10.2 Å². The number of hydrogen-bond acceptors (Lipinski definition) is 8. The predicted molar refractivity (Wildman–Crippen MR) is 103 cm³/mol. The van der Waals surface area contributed by atoms with Crippen molar-refractivity contribution in [2.75, 3.05) is 26.0 Å². The Hall–Kier alpha value is -2.34. The molecular weight excluding hydrogens is 402 g/mol. The zero-order chi connectivity index (χ0) is 21.3. The predicted octanol–water partition coefficient (Wildman–Crippen LogP) is -0.998. The molecule has 11 heteroatoms. The van der Waals surface area contributed by atoms with Crippen molar-refractivity contribution >= 4 is 29.5 Å². The van der Waals surface area contributed by atoms with E-state index in [2.05, 4.69) is 5.32 Å². The molecule has 1 aromatic rings. The smallest absolute Gasteiger partial charge is 0.314 e. The Labute approximate surface area is 171 Å². The normalized spacial score (nSPS) is 27.0. The van der Waals surface area contributed by atoms with Crippen LogP contribution in [-0.4, -0.2) is 75.4 Å². The minimum atomic E-state index is -1.18. The molecule has 0 saturated carbocycles. The first-order chi connectivity index (χ1) is 13.7. The summed E-state index contributed by atoms with van der Waals surface area (Å²) < 4.78 is 5.03. The van der Waals surface area contributed by atoms with E-state index >= 15 is 0 Å². The van der Waals surface area contributed by atoms with E-state index in [0.29, 0.717) is 11.1 Å². The third kappa shape index (κ3) is 3.78. The number of carbonyl (C=O) groups excluding carboxylic acids is 2. The molecule has 10 nitrogen and oxygen atoms in total. The van der Waals surface area contributed by atoms with Crippen LogP contribution in [0.3, 0.4) is 0 Å². The number of nitrogens with zero attached hydrogens (tertiary/aromatic N) is 1. The van der Waals surface area contributed by atoms with E-state index in [4.69, 9.17) is 15.6 Å². The van der Waals surface area contributed by atoms with Crippen LogP contribution in [0.1, 0.15) is 17.2 Å². The number of benzene rings is 1. The van der Waals surface area contributed by atoms with E-state index in [1.54, 1.807) is 0 Å². The largest absolute Gasteiger partial charge is 0.508 e. The number of β-lactam (4-membered cyclic amide) rings is 1. The fourth-order valence-electron chi connectivity index (χ4n) is 3.48. The van der Waals surface area contributed by atoms with Gasteiger partial charge in [-0.15, -0.1) is 11.8 Å². The van der Waals surface area contributed by atoms with Gasteiger partial charge in [0.25, 0.3) is 0 Å². The van der Waals surface area contributed by atoms with Gasteiger partial charge in [-0.1, -0.05) is 12.1 Å². The Morgan fingerprint density at radius 1 is 1.48 bits per heavy atom. The maximum absolute atomic E-state index is 12.5. The second-order valence-corrected chi connectivity index (χ2v) is 8.30. The number of amides is 2. The fraction of sp³-hybridized carbons (Fsp3) is 0.500. The lowest BCUT2D eigenvalue weighted by Crippen LogP contribution is -2.74. The SMILES string of the molecule is COCC1(C(=O)O)CS[C@@H]2C(NC(=O)C(N)c3ccc(CO)c(O)c3)C(=O)N2C1. The maximum atomic E-state index is 12.5. The van der Waals surface area contributed by atoms with E-state index in [1.807, 2.05) is 0 Å². The number of phenols is 1. The van der Waals surface area contributed by atoms with Gasteiger partial charge in [0, 0.05) is 25.0 Å². The van der Waals surface area contributed by atoms with Crippen molar-refractivity contribution < 1.29 is 34.4 Å². The highest BCUT2D eigenvalue weighted by Gasteiger charge is 2.57. The van der Waals surface area contributed by atoms with Crippen LogP contribution in [0.25, 0.3) is 0 Å². The lowest BCUT2D eigenvalue weighted by Gasteiger charge is -2.53. The van der Waals surface area contributed by atoms with Crippen LogP contribution < -0.4 is 11.1 Å². The molecule has 6 N–H and O–H groups in total. The second kappa shape index (κ2) is 8.19. The van der Waals surface area contributed by atoms with Crippen LogP contribution in [0.2, 0.25) is 0 Å². The Morgan fingerprint density at radius 2 is 2.21 bits per heavy atom. The fourth-order valence-corrected chi connectivity index (χ4v) is 5.01. The highest BCUT2D eigenvalue weighted by atomic mass is 32.2. The number of carbonyl (C=O) groups is 3. The molecule has 0 spiro atoms. The minimum absolute atomic E-state index is 0.0128. The van der Waals surface area contributed by atoms with Crippen LogP contribution in [0, 0.1) is 5.41 Å². The Bertz CT molecular complexity index is 836. The van der Waals surface area contributed by atoms with Gasteiger partial charge in [-0.2, -0.15) is 0 Å². The molecule has 29 heavy (non-hydrogen) atoms. The first-order valence-electron chi connectivity index (χ1n) is 8.87. The number of hydrogen-bond donors (Lipinski definition) is 5. The first-order valence-corrected chi connectivity index (χ1v) is 9.92. The van der Waals surface area contributed by atoms with Gasteiger partial charge in [-0.05, 0) is 11.6 Å². The number of rotatable bonds is 7. The van der Waals surface area contributed by atoms with Crippen LogP contribution in [0.15, 0.2) is 18.2 Å². The summed E-state index contributed by atoms with van der Waals surface area (Å²) in [6.07, 6.45) is 0. The zero-order valence-electron chi connectivity index (χ0n) is 15.7. The number of nitrogens with one attached hydrogen (secondary N) is 1. The number of aliphatic hydroxyl groups is 1. The third-order valence-corrected chi connectivity index (χ3v) is 6.83. The van der Waals surface area contributed by atoms with Gasteiger partial charge in [0.05, 0.1) is 13.2 Å². The molecule has 2 fully saturated rings. The van der Waals surface area contributed by atoms with Crippen LogP contribution in [-0.2, 0) is 25.7 Å². The van der Waals surface area contributed by atoms with Gasteiger partial charge in [0.15, 0.2) is 0 Å². The summed E-state index contributed by atoms with van der Waals surface area (Å²) in [5.41, 5.74) is 5.42. The lowest BCUT2D eigenvalue weighted by atomic mass is 9.88. The minimum Gasteiger partial charge on any atom is -0.508 e. The summed E-state index contributed by atoms with van der Waals surface area (Å²) in [6, 6.07) is 2.37. The van der Waals surface area contributed by atoms with Gasteiger partial charge in [0.1, 0.15) is 28.6 Å². The number of carboxylic acid groups (broad SMARTS) is 1. The Morgan fingerprint density at radius 3 is 2.79 bits per heavy atom. The molecule has 0 radical (unpaired) electrons. The molecule has 3 rings (SSSR count). The number of ether oxygens (including phenoxy) is 1. The van der Waals surface area contributed by atoms with Gasteiger partial charge in [-0.25, -0.2) is 0 Å². The van der Waals surface area contributed by atoms with Gasteiger partial charge in [-0.3, -0.25) is 14.4 Å². The highest BCUT2D eigenvalue weighted by Crippen LogP contribution is 2.42. The molecule has 2 aliphatic heterocycles. The summed E-state index contributed by atoms with van der Waals surface area (Å²) in [5, 5.41) is 30.7. The number of thioether (sulfide) groups is 1. The molecule has 2 saturated heterocycles. The van der Waals surface area contributed by atoms with E-state index < -0.39 is 29.4 Å². The highest BCUT2D eigenvalue weighted by molar-refractivity contribution is 8.00. The quantitative estimate of drug-likeness (QED) is 0.345. The summed E-state index contributed by atoms with van der Waals surface area (Å²) in [7, 11) is 1.41. The van der Waals surface area contributed by atoms with E-state index in [0.717, 1.165) is 0 Å². The molecule has 1 aromatic carbocycles. The standard InChI is InChI=1S/C18H23N3O7S/c1-28-7-18(17(26)27)6-21-15(25)13(16(21)29-8-18)20-14(24)12(19)9-2-3-10(5-22)11(23)4-9/h2-4,12-13,16,22-23H,5-8,19H2,1H3,(H,20,24)(H,26,27)/t12?,13?,16-,18?/m1/s1. The molecule has 3 unspecified atom stereocenters. The summed E-state index contributed by atoms with van der Waals surface area (Å²) in [6.45, 7) is -0.345. The monoisotopic (exact) mass is 425 g/mol.